The van der Waals surface area contributed by atoms with Gasteiger partial charge in [-0.05, 0) is 17.1 Å². The van der Waals surface area contributed by atoms with Gasteiger partial charge in [0.1, 0.15) is 0 Å². The molecule has 1 heteroatoms. The zero-order valence-corrected chi connectivity index (χ0v) is 11.3. The van der Waals surface area contributed by atoms with Crippen LogP contribution in [0.4, 0.5) is 0 Å². The van der Waals surface area contributed by atoms with Crippen molar-refractivity contribution in [1.82, 2.24) is 0 Å². The Labute approximate surface area is 95.0 Å². The lowest BCUT2D eigenvalue weighted by atomic mass is 9.85. The lowest BCUT2D eigenvalue weighted by Crippen LogP contribution is -2.18. The molecule has 15 heavy (non-hydrogen) atoms. The van der Waals surface area contributed by atoms with Crippen molar-refractivity contribution in [2.75, 3.05) is 7.05 Å². The quantitative estimate of drug-likeness (QED) is 0.474. The summed E-state index contributed by atoms with van der Waals surface area (Å²) >= 11 is 0. The summed E-state index contributed by atoms with van der Waals surface area (Å²) in [6, 6.07) is 0. The van der Waals surface area contributed by atoms with Crippen molar-refractivity contribution in [2.45, 2.75) is 41.5 Å². The average Bonchev–Trinajstić information content (AvgIpc) is 2.00. The monoisotopic (exact) mass is 207 g/mol. The highest BCUT2D eigenvalue weighted by Gasteiger charge is 2.17. The van der Waals surface area contributed by atoms with Crippen LogP contribution in [0.1, 0.15) is 41.5 Å². The first-order chi connectivity index (χ1) is 6.59. The molecule has 0 saturated carbocycles. The maximum Gasteiger partial charge on any atom is 0.0398 e. The molecule has 0 N–H and O–H groups in total. The molecule has 0 spiro atoms. The van der Waals surface area contributed by atoms with Gasteiger partial charge in [-0.15, -0.1) is 0 Å². The van der Waals surface area contributed by atoms with Gasteiger partial charge >= 0.3 is 0 Å². The Balaban J connectivity index is 4.75. The third-order valence-corrected chi connectivity index (χ3v) is 2.42. The number of aliphatic imine (C=N–C) groups is 1. The fourth-order valence-corrected chi connectivity index (χ4v) is 1.09. The summed E-state index contributed by atoms with van der Waals surface area (Å²) in [5, 5.41) is 0. The molecule has 0 aliphatic rings. The molecule has 0 aliphatic carbocycles. The SMILES string of the molecule is C=C(/C=C\C(=NC)C(C)(C)C)C(C)(C)C. The molecule has 0 aliphatic heterocycles. The molecule has 0 radical (unpaired) electrons. The summed E-state index contributed by atoms with van der Waals surface area (Å²) in [6.07, 6.45) is 4.15. The number of nitrogens with zero attached hydrogens (tertiary/aromatic N) is 1. The van der Waals surface area contributed by atoms with Gasteiger partial charge in [-0.25, -0.2) is 0 Å². The summed E-state index contributed by atoms with van der Waals surface area (Å²) in [4.78, 5) is 4.30. The highest BCUT2D eigenvalue weighted by molar-refractivity contribution is 5.99. The molecule has 0 unspecified atom stereocenters. The lowest BCUT2D eigenvalue weighted by molar-refractivity contribution is 0.519. The van der Waals surface area contributed by atoms with Crippen LogP contribution < -0.4 is 0 Å². The molecule has 1 nitrogen and oxygen atoms in total. The van der Waals surface area contributed by atoms with E-state index in [4.69, 9.17) is 0 Å². The third kappa shape index (κ3) is 4.96. The first kappa shape index (κ1) is 14.2. The van der Waals surface area contributed by atoms with Crippen molar-refractivity contribution in [2.24, 2.45) is 15.8 Å². The fourth-order valence-electron chi connectivity index (χ4n) is 1.09. The second-order valence-corrected chi connectivity index (χ2v) is 5.97. The molecule has 0 aromatic rings. The molecule has 0 amide bonds. The van der Waals surface area contributed by atoms with E-state index >= 15 is 0 Å². The van der Waals surface area contributed by atoms with E-state index in [1.165, 1.54) is 0 Å². The fraction of sp³-hybridized carbons (Fsp3) is 0.643. The second-order valence-electron chi connectivity index (χ2n) is 5.97. The van der Waals surface area contributed by atoms with E-state index in [2.05, 4.69) is 65.3 Å². The van der Waals surface area contributed by atoms with E-state index in [9.17, 15) is 0 Å². The maximum absolute atomic E-state index is 4.30. The topological polar surface area (TPSA) is 12.4 Å². The number of hydrogen-bond donors (Lipinski definition) is 0. The van der Waals surface area contributed by atoms with Crippen LogP contribution in [0.3, 0.4) is 0 Å². The van der Waals surface area contributed by atoms with Crippen LogP contribution in [0.15, 0.2) is 29.3 Å². The van der Waals surface area contributed by atoms with Crippen molar-refractivity contribution in [1.29, 1.82) is 0 Å². The van der Waals surface area contributed by atoms with Crippen LogP contribution >= 0.6 is 0 Å². The van der Waals surface area contributed by atoms with Crippen molar-refractivity contribution in [3.8, 4) is 0 Å². The Hall–Kier alpha value is -0.850. The van der Waals surface area contributed by atoms with Crippen LogP contribution in [0.25, 0.3) is 0 Å². The minimum absolute atomic E-state index is 0.101. The summed E-state index contributed by atoms with van der Waals surface area (Å²) in [6.45, 7) is 17.1. The smallest absolute Gasteiger partial charge is 0.0398 e. The highest BCUT2D eigenvalue weighted by atomic mass is 14.7. The van der Waals surface area contributed by atoms with Gasteiger partial charge in [0, 0.05) is 18.2 Å². The Morgan fingerprint density at radius 2 is 1.40 bits per heavy atom. The Kier molecular flexibility index (Phi) is 4.51. The van der Waals surface area contributed by atoms with Gasteiger partial charge in [-0.2, -0.15) is 0 Å². The predicted molar refractivity (Wildman–Crippen MR) is 70.5 cm³/mol. The maximum atomic E-state index is 4.30. The Morgan fingerprint density at radius 3 is 1.67 bits per heavy atom. The highest BCUT2D eigenvalue weighted by Crippen LogP contribution is 2.25. The van der Waals surface area contributed by atoms with Gasteiger partial charge < -0.3 is 0 Å². The number of hydrogen-bond acceptors (Lipinski definition) is 1. The second kappa shape index (κ2) is 4.78. The van der Waals surface area contributed by atoms with E-state index in [0.717, 1.165) is 11.3 Å². The van der Waals surface area contributed by atoms with E-state index in [0.29, 0.717) is 0 Å². The van der Waals surface area contributed by atoms with E-state index in [1.54, 1.807) is 0 Å². The zero-order valence-electron chi connectivity index (χ0n) is 11.3. The molecule has 0 fully saturated rings. The molecule has 0 aromatic heterocycles. The molecule has 0 bridgehead atoms. The third-order valence-electron chi connectivity index (χ3n) is 2.42. The summed E-state index contributed by atoms with van der Waals surface area (Å²) in [5.41, 5.74) is 2.47. The van der Waals surface area contributed by atoms with Crippen molar-refractivity contribution >= 4 is 5.71 Å². The minimum Gasteiger partial charge on any atom is -0.293 e. The van der Waals surface area contributed by atoms with Gasteiger partial charge in [0.2, 0.25) is 0 Å². The Morgan fingerprint density at radius 1 is 0.933 bits per heavy atom. The summed E-state index contributed by atoms with van der Waals surface area (Å²) < 4.78 is 0. The summed E-state index contributed by atoms with van der Waals surface area (Å²) in [7, 11) is 1.84. The van der Waals surface area contributed by atoms with Crippen molar-refractivity contribution in [3.63, 3.8) is 0 Å². The molecule has 0 heterocycles. The first-order valence-corrected chi connectivity index (χ1v) is 5.44. The lowest BCUT2D eigenvalue weighted by Gasteiger charge is -2.21. The Bertz CT molecular complexity index is 279. The van der Waals surface area contributed by atoms with Crippen LogP contribution in [-0.2, 0) is 0 Å². The van der Waals surface area contributed by atoms with Crippen molar-refractivity contribution in [3.05, 3.63) is 24.3 Å². The average molecular weight is 207 g/mol. The number of rotatable bonds is 2. The van der Waals surface area contributed by atoms with Gasteiger partial charge in [-0.1, -0.05) is 54.2 Å². The van der Waals surface area contributed by atoms with Crippen molar-refractivity contribution < 1.29 is 0 Å². The number of allylic oxidation sites excluding steroid dienone is 3. The first-order valence-electron chi connectivity index (χ1n) is 5.44. The zero-order chi connectivity index (χ0) is 12.3. The molecule has 0 rings (SSSR count). The molecule has 0 saturated heterocycles. The molecule has 0 atom stereocenters. The molecule has 86 valence electrons. The standard InChI is InChI=1S/C14H25N/c1-11(13(2,3)4)9-10-12(15-8)14(5,6)7/h9-10H,1H2,2-8H3/b10-9-,15-12?. The molecule has 0 aromatic carbocycles. The normalized spacial score (nSPS) is 14.7. The van der Waals surface area contributed by atoms with E-state index in [1.807, 2.05) is 7.05 Å². The minimum atomic E-state index is 0.101. The van der Waals surface area contributed by atoms with Crippen LogP contribution in [-0.4, -0.2) is 12.8 Å². The van der Waals surface area contributed by atoms with Gasteiger partial charge in [0.05, 0.1) is 0 Å². The largest absolute Gasteiger partial charge is 0.293 e. The van der Waals surface area contributed by atoms with E-state index < -0.39 is 0 Å². The van der Waals surface area contributed by atoms with Gasteiger partial charge in [0.15, 0.2) is 0 Å². The van der Waals surface area contributed by atoms with Gasteiger partial charge in [0.25, 0.3) is 0 Å². The van der Waals surface area contributed by atoms with Gasteiger partial charge in [-0.3, -0.25) is 4.99 Å². The van der Waals surface area contributed by atoms with Crippen LogP contribution in [0.2, 0.25) is 0 Å². The molecular weight excluding hydrogens is 182 g/mol. The van der Waals surface area contributed by atoms with Crippen LogP contribution in [0.5, 0.6) is 0 Å². The predicted octanol–water partition coefficient (Wildman–Crippen LogP) is 4.26. The molecular formula is C14H25N. The van der Waals surface area contributed by atoms with Crippen LogP contribution in [0, 0.1) is 10.8 Å². The summed E-state index contributed by atoms with van der Waals surface area (Å²) in [5.74, 6) is 0. The van der Waals surface area contributed by atoms with E-state index in [-0.39, 0.29) is 10.8 Å².